The Morgan fingerprint density at radius 1 is 0.365 bits per heavy atom. The van der Waals surface area contributed by atoms with E-state index in [9.17, 15) is 0 Å². The SMILES string of the molecule is c1ccc(-c2nc(-c3ccccc3)nc(-c3ccc4c(c3)C3(c5ccccc5Oc5ccccc53)c3ccc(-c5nc(-c6ccccc6)nc6c5sc5ccccc56)cc3-4)n2)cc1. The average Bonchev–Trinajstić information content (AvgIpc) is 3.87. The van der Waals surface area contributed by atoms with Gasteiger partial charge in [0, 0.05) is 49.0 Å². The van der Waals surface area contributed by atoms with Gasteiger partial charge in [-0.05, 0) is 52.6 Å². The van der Waals surface area contributed by atoms with E-state index in [-0.39, 0.29) is 0 Å². The van der Waals surface area contributed by atoms with Crippen molar-refractivity contribution in [3.8, 4) is 79.4 Å². The van der Waals surface area contributed by atoms with Crippen molar-refractivity contribution in [2.45, 2.75) is 5.41 Å². The predicted octanol–water partition coefficient (Wildman–Crippen LogP) is 13.8. The monoisotopic (exact) mass is 823 g/mol. The van der Waals surface area contributed by atoms with E-state index in [4.69, 9.17) is 29.7 Å². The third kappa shape index (κ3) is 5.46. The van der Waals surface area contributed by atoms with E-state index < -0.39 is 5.41 Å². The molecule has 63 heavy (non-hydrogen) atoms. The first-order chi connectivity index (χ1) is 31.2. The third-order valence-corrected chi connectivity index (χ3v) is 13.6. The molecule has 4 heterocycles. The zero-order chi connectivity index (χ0) is 41.5. The molecule has 2 aliphatic rings. The van der Waals surface area contributed by atoms with Crippen LogP contribution in [-0.2, 0) is 5.41 Å². The molecule has 3 aromatic heterocycles. The van der Waals surface area contributed by atoms with Crippen LogP contribution in [-0.4, -0.2) is 24.9 Å². The molecular weight excluding hydrogens is 791 g/mol. The second-order valence-corrected chi connectivity index (χ2v) is 17.0. The first-order valence-corrected chi connectivity index (χ1v) is 21.8. The third-order valence-electron chi connectivity index (χ3n) is 12.4. The van der Waals surface area contributed by atoms with E-state index in [0.29, 0.717) is 23.3 Å². The lowest BCUT2D eigenvalue weighted by molar-refractivity contribution is 0.436. The van der Waals surface area contributed by atoms with Crippen LogP contribution in [0.2, 0.25) is 0 Å². The summed E-state index contributed by atoms with van der Waals surface area (Å²) in [5.74, 6) is 4.22. The highest BCUT2D eigenvalue weighted by atomic mass is 32.1. The van der Waals surface area contributed by atoms with Crippen molar-refractivity contribution in [2.24, 2.45) is 0 Å². The van der Waals surface area contributed by atoms with Crippen LogP contribution in [0.4, 0.5) is 0 Å². The fourth-order valence-electron chi connectivity index (χ4n) is 9.63. The Bertz CT molecular complexity index is 3500. The van der Waals surface area contributed by atoms with Gasteiger partial charge in [0.15, 0.2) is 23.3 Å². The average molecular weight is 824 g/mol. The standard InChI is InChI=1S/C56H33N5OS/c1-4-16-34(17-5-1)52-57-49(51-50(58-52)40-22-10-15-27-48(40)63-51)37-29-31-42-41(32-37)39-30-28-38(33-45(39)56(42)43-23-11-13-25-46(43)62-47-26-14-12-24-44(47)56)55-60-53(35-18-6-2-7-19-35)59-54(61-55)36-20-8-3-9-21-36/h1-33H. The summed E-state index contributed by atoms with van der Waals surface area (Å²) in [4.78, 5) is 25.9. The highest BCUT2D eigenvalue weighted by Crippen LogP contribution is 2.63. The molecule has 7 heteroatoms. The molecule has 0 atom stereocenters. The van der Waals surface area contributed by atoms with Gasteiger partial charge >= 0.3 is 0 Å². The summed E-state index contributed by atoms with van der Waals surface area (Å²) in [6.45, 7) is 0. The van der Waals surface area contributed by atoms with E-state index in [1.807, 2.05) is 91.0 Å². The van der Waals surface area contributed by atoms with Gasteiger partial charge in [0.25, 0.3) is 0 Å². The van der Waals surface area contributed by atoms with Crippen molar-refractivity contribution in [1.29, 1.82) is 0 Å². The topological polar surface area (TPSA) is 73.7 Å². The van der Waals surface area contributed by atoms with Gasteiger partial charge in [-0.25, -0.2) is 24.9 Å². The number of ether oxygens (including phenoxy) is 1. The number of rotatable bonds is 5. The Hall–Kier alpha value is -8.13. The number of thiophene rings is 1. The molecule has 0 fully saturated rings. The summed E-state index contributed by atoms with van der Waals surface area (Å²) < 4.78 is 8.97. The lowest BCUT2D eigenvalue weighted by Crippen LogP contribution is -2.32. The molecule has 0 unspecified atom stereocenters. The largest absolute Gasteiger partial charge is 0.457 e. The van der Waals surface area contributed by atoms with Crippen molar-refractivity contribution in [3.63, 3.8) is 0 Å². The fraction of sp³-hybridized carbons (Fsp3) is 0.0179. The molecule has 13 rings (SSSR count). The normalized spacial score (nSPS) is 13.0. The minimum absolute atomic E-state index is 0.604. The summed E-state index contributed by atoms with van der Waals surface area (Å²) in [5.41, 5.74) is 12.7. The lowest BCUT2D eigenvalue weighted by Gasteiger charge is -2.39. The summed E-state index contributed by atoms with van der Waals surface area (Å²) in [6.07, 6.45) is 0. The van der Waals surface area contributed by atoms with E-state index in [2.05, 4.69) is 109 Å². The van der Waals surface area contributed by atoms with E-state index in [1.165, 1.54) is 10.3 Å². The molecule has 1 spiro atoms. The smallest absolute Gasteiger partial charge is 0.164 e. The van der Waals surface area contributed by atoms with Crippen molar-refractivity contribution in [2.75, 3.05) is 0 Å². The van der Waals surface area contributed by atoms with Crippen LogP contribution in [0.1, 0.15) is 22.3 Å². The molecule has 0 saturated carbocycles. The van der Waals surface area contributed by atoms with Crippen LogP contribution in [0, 0.1) is 0 Å². The molecule has 0 N–H and O–H groups in total. The van der Waals surface area contributed by atoms with Gasteiger partial charge in [-0.15, -0.1) is 11.3 Å². The summed E-state index contributed by atoms with van der Waals surface area (Å²) in [5, 5.41) is 1.14. The van der Waals surface area contributed by atoms with E-state index >= 15 is 0 Å². The molecule has 0 saturated heterocycles. The maximum absolute atomic E-state index is 6.72. The molecule has 294 valence electrons. The molecule has 6 nitrogen and oxygen atoms in total. The summed E-state index contributed by atoms with van der Waals surface area (Å²) in [6, 6.07) is 69.6. The number of fused-ring (bicyclic) bond motifs is 12. The summed E-state index contributed by atoms with van der Waals surface area (Å²) >= 11 is 1.75. The minimum Gasteiger partial charge on any atom is -0.457 e. The second kappa shape index (κ2) is 14.0. The van der Waals surface area contributed by atoms with Gasteiger partial charge in [-0.3, -0.25) is 0 Å². The number of para-hydroxylation sites is 2. The van der Waals surface area contributed by atoms with E-state index in [0.717, 1.165) is 88.4 Å². The molecule has 0 amide bonds. The fourth-order valence-corrected chi connectivity index (χ4v) is 10.8. The van der Waals surface area contributed by atoms with Gasteiger partial charge < -0.3 is 4.74 Å². The molecule has 8 aromatic carbocycles. The van der Waals surface area contributed by atoms with Gasteiger partial charge in [0.05, 0.1) is 21.3 Å². The maximum atomic E-state index is 6.72. The Labute approximate surface area is 366 Å². The second-order valence-electron chi connectivity index (χ2n) is 15.9. The first kappa shape index (κ1) is 35.6. The van der Waals surface area contributed by atoms with Gasteiger partial charge in [-0.1, -0.05) is 170 Å². The van der Waals surface area contributed by atoms with Crippen molar-refractivity contribution in [1.82, 2.24) is 24.9 Å². The minimum atomic E-state index is -0.712. The van der Waals surface area contributed by atoms with Crippen LogP contribution >= 0.6 is 11.3 Å². The van der Waals surface area contributed by atoms with Crippen molar-refractivity contribution < 1.29 is 4.74 Å². The quantitative estimate of drug-likeness (QED) is 0.172. The van der Waals surface area contributed by atoms with Gasteiger partial charge in [0.2, 0.25) is 0 Å². The maximum Gasteiger partial charge on any atom is 0.164 e. The summed E-state index contributed by atoms with van der Waals surface area (Å²) in [7, 11) is 0. The van der Waals surface area contributed by atoms with Crippen LogP contribution in [0.3, 0.4) is 0 Å². The zero-order valence-corrected chi connectivity index (χ0v) is 34.4. The van der Waals surface area contributed by atoms with Crippen molar-refractivity contribution >= 4 is 31.6 Å². The van der Waals surface area contributed by atoms with Gasteiger partial charge in [-0.2, -0.15) is 0 Å². The molecule has 1 aliphatic carbocycles. The molecule has 0 radical (unpaired) electrons. The number of hydrogen-bond acceptors (Lipinski definition) is 7. The Morgan fingerprint density at radius 3 is 1.52 bits per heavy atom. The number of aromatic nitrogens is 5. The molecule has 1 aliphatic heterocycles. The number of hydrogen-bond donors (Lipinski definition) is 0. The Kier molecular flexibility index (Phi) is 7.89. The zero-order valence-electron chi connectivity index (χ0n) is 33.6. The Morgan fingerprint density at radius 2 is 0.889 bits per heavy atom. The lowest BCUT2D eigenvalue weighted by atomic mass is 9.66. The van der Waals surface area contributed by atoms with Crippen LogP contribution in [0.15, 0.2) is 200 Å². The first-order valence-electron chi connectivity index (χ1n) is 21.0. The number of benzene rings is 8. The van der Waals surface area contributed by atoms with Crippen LogP contribution in [0.5, 0.6) is 11.5 Å². The van der Waals surface area contributed by atoms with Crippen LogP contribution < -0.4 is 4.74 Å². The van der Waals surface area contributed by atoms with Crippen LogP contribution in [0.25, 0.3) is 88.2 Å². The highest BCUT2D eigenvalue weighted by molar-refractivity contribution is 7.26. The van der Waals surface area contributed by atoms with E-state index in [1.54, 1.807) is 11.3 Å². The molecule has 0 bridgehead atoms. The number of nitrogens with zero attached hydrogens (tertiary/aromatic N) is 5. The molecule has 11 aromatic rings. The predicted molar refractivity (Wildman–Crippen MR) is 253 cm³/mol. The van der Waals surface area contributed by atoms with Crippen molar-refractivity contribution in [3.05, 3.63) is 222 Å². The highest BCUT2D eigenvalue weighted by Gasteiger charge is 2.51. The van der Waals surface area contributed by atoms with Gasteiger partial charge in [0.1, 0.15) is 11.5 Å². The molecular formula is C56H33N5OS. The Balaban J connectivity index is 1.08.